The van der Waals surface area contributed by atoms with Crippen molar-refractivity contribution < 1.29 is 14.3 Å². The summed E-state index contributed by atoms with van der Waals surface area (Å²) in [7, 11) is 1.58. The molecule has 1 amide bonds. The van der Waals surface area contributed by atoms with E-state index in [9.17, 15) is 4.79 Å². The van der Waals surface area contributed by atoms with Gasteiger partial charge in [-0.2, -0.15) is 0 Å². The molecular weight excluding hydrogens is 400 g/mol. The van der Waals surface area contributed by atoms with E-state index in [0.29, 0.717) is 23.1 Å². The Hall–Kier alpha value is -3.18. The van der Waals surface area contributed by atoms with Gasteiger partial charge in [-0.05, 0) is 66.9 Å². The largest absolute Gasteiger partial charge is 0.493 e. The third-order valence-corrected chi connectivity index (χ3v) is 4.81. The quantitative estimate of drug-likeness (QED) is 0.494. The number of halogens is 1. The molecule has 0 aromatic heterocycles. The summed E-state index contributed by atoms with van der Waals surface area (Å²) in [6.45, 7) is 4.43. The molecular formula is C24H25ClN2O3. The van der Waals surface area contributed by atoms with Crippen LogP contribution in [0.15, 0.2) is 60.7 Å². The van der Waals surface area contributed by atoms with Crippen molar-refractivity contribution in [2.45, 2.75) is 20.4 Å². The maximum absolute atomic E-state index is 12.3. The Bertz CT molecular complexity index is 1040. The maximum Gasteiger partial charge on any atom is 0.262 e. The van der Waals surface area contributed by atoms with Gasteiger partial charge in [0.05, 0.1) is 7.11 Å². The number of amides is 1. The van der Waals surface area contributed by atoms with Crippen LogP contribution >= 0.6 is 11.6 Å². The summed E-state index contributed by atoms with van der Waals surface area (Å²) in [6, 6.07) is 19.1. The van der Waals surface area contributed by atoms with Gasteiger partial charge in [-0.25, -0.2) is 0 Å². The molecule has 6 heteroatoms. The minimum absolute atomic E-state index is 0.107. The number of benzene rings is 3. The van der Waals surface area contributed by atoms with E-state index in [-0.39, 0.29) is 12.5 Å². The highest BCUT2D eigenvalue weighted by Gasteiger charge is 2.10. The van der Waals surface area contributed by atoms with Crippen LogP contribution in [0.5, 0.6) is 11.5 Å². The van der Waals surface area contributed by atoms with Gasteiger partial charge in [-0.15, -0.1) is 0 Å². The summed E-state index contributed by atoms with van der Waals surface area (Å²) in [5.74, 6) is 0.859. The second kappa shape index (κ2) is 10.0. The summed E-state index contributed by atoms with van der Waals surface area (Å²) < 4.78 is 11.1. The van der Waals surface area contributed by atoms with Crippen LogP contribution in [0.3, 0.4) is 0 Å². The van der Waals surface area contributed by atoms with E-state index >= 15 is 0 Å². The van der Waals surface area contributed by atoms with Crippen LogP contribution in [0.2, 0.25) is 5.02 Å². The van der Waals surface area contributed by atoms with Crippen LogP contribution in [-0.4, -0.2) is 19.6 Å². The molecule has 3 rings (SSSR count). The van der Waals surface area contributed by atoms with Crippen LogP contribution in [0.4, 0.5) is 11.4 Å². The average Bonchev–Trinajstić information content (AvgIpc) is 2.73. The van der Waals surface area contributed by atoms with Crippen LogP contribution in [0, 0.1) is 13.8 Å². The monoisotopic (exact) mass is 424 g/mol. The topological polar surface area (TPSA) is 59.6 Å². The van der Waals surface area contributed by atoms with Crippen molar-refractivity contribution >= 4 is 28.9 Å². The molecule has 0 fully saturated rings. The van der Waals surface area contributed by atoms with E-state index in [4.69, 9.17) is 21.1 Å². The molecule has 0 aliphatic carbocycles. The number of nitrogens with one attached hydrogen (secondary N) is 2. The molecule has 5 nitrogen and oxygen atoms in total. The Balaban J connectivity index is 1.59. The number of ether oxygens (including phenoxy) is 2. The van der Waals surface area contributed by atoms with Gasteiger partial charge in [0, 0.05) is 22.9 Å². The second-order valence-electron chi connectivity index (χ2n) is 7.00. The van der Waals surface area contributed by atoms with Crippen LogP contribution in [-0.2, 0) is 11.3 Å². The van der Waals surface area contributed by atoms with E-state index in [1.807, 2.05) is 68.4 Å². The number of carbonyl (C=O) groups is 1. The fraction of sp³-hybridized carbons (Fsp3) is 0.208. The Morgan fingerprint density at radius 3 is 2.60 bits per heavy atom. The second-order valence-corrected chi connectivity index (χ2v) is 7.44. The standard InChI is InChI=1S/C24H25ClN2O3/c1-16-7-8-17(2)21(11-16)27-24(28)15-30-22-10-9-18(12-23(22)29-3)14-26-20-6-4-5-19(25)13-20/h4-13,26H,14-15H2,1-3H3,(H,27,28). The average molecular weight is 425 g/mol. The van der Waals surface area contributed by atoms with Gasteiger partial charge < -0.3 is 20.1 Å². The summed E-state index contributed by atoms with van der Waals surface area (Å²) in [5.41, 5.74) is 4.82. The zero-order valence-electron chi connectivity index (χ0n) is 17.3. The Kier molecular flexibility index (Phi) is 7.20. The number of rotatable bonds is 8. The van der Waals surface area contributed by atoms with Crippen molar-refractivity contribution in [1.29, 1.82) is 0 Å². The first-order chi connectivity index (χ1) is 14.4. The minimum Gasteiger partial charge on any atom is -0.493 e. The molecule has 156 valence electrons. The predicted molar refractivity (Wildman–Crippen MR) is 122 cm³/mol. The molecule has 30 heavy (non-hydrogen) atoms. The number of hydrogen-bond donors (Lipinski definition) is 2. The SMILES string of the molecule is COc1cc(CNc2cccc(Cl)c2)ccc1OCC(=O)Nc1cc(C)ccc1C. The highest BCUT2D eigenvalue weighted by Crippen LogP contribution is 2.28. The number of hydrogen-bond acceptors (Lipinski definition) is 4. The minimum atomic E-state index is -0.225. The molecule has 0 saturated heterocycles. The summed E-state index contributed by atoms with van der Waals surface area (Å²) in [5, 5.41) is 6.88. The van der Waals surface area contributed by atoms with Crippen LogP contribution < -0.4 is 20.1 Å². The fourth-order valence-corrected chi connectivity index (χ4v) is 3.13. The van der Waals surface area contributed by atoms with Crippen LogP contribution in [0.1, 0.15) is 16.7 Å². The van der Waals surface area contributed by atoms with Crippen molar-refractivity contribution in [3.05, 3.63) is 82.4 Å². The molecule has 0 bridgehead atoms. The number of anilines is 2. The Morgan fingerprint density at radius 2 is 1.83 bits per heavy atom. The van der Waals surface area contributed by atoms with E-state index in [1.165, 1.54) is 0 Å². The normalized spacial score (nSPS) is 10.4. The van der Waals surface area contributed by atoms with Crippen molar-refractivity contribution in [3.63, 3.8) is 0 Å². The Labute approximate surface area is 182 Å². The lowest BCUT2D eigenvalue weighted by molar-refractivity contribution is -0.118. The van der Waals surface area contributed by atoms with Crippen molar-refractivity contribution in [3.8, 4) is 11.5 Å². The Morgan fingerprint density at radius 1 is 1.00 bits per heavy atom. The van der Waals surface area contributed by atoms with Crippen molar-refractivity contribution in [2.75, 3.05) is 24.4 Å². The van der Waals surface area contributed by atoms with E-state index in [1.54, 1.807) is 13.2 Å². The van der Waals surface area contributed by atoms with E-state index < -0.39 is 0 Å². The fourth-order valence-electron chi connectivity index (χ4n) is 2.94. The molecule has 0 unspecified atom stereocenters. The van der Waals surface area contributed by atoms with Gasteiger partial charge in [-0.1, -0.05) is 35.9 Å². The zero-order chi connectivity index (χ0) is 21.5. The van der Waals surface area contributed by atoms with Gasteiger partial charge in [0.2, 0.25) is 0 Å². The lowest BCUT2D eigenvalue weighted by Gasteiger charge is -2.14. The first kappa shape index (κ1) is 21.5. The molecule has 0 aliphatic heterocycles. The highest BCUT2D eigenvalue weighted by atomic mass is 35.5. The molecule has 0 spiro atoms. The number of carbonyl (C=O) groups excluding carboxylic acids is 1. The highest BCUT2D eigenvalue weighted by molar-refractivity contribution is 6.30. The van der Waals surface area contributed by atoms with Gasteiger partial charge in [-0.3, -0.25) is 4.79 Å². The third-order valence-electron chi connectivity index (χ3n) is 4.58. The van der Waals surface area contributed by atoms with Crippen molar-refractivity contribution in [1.82, 2.24) is 0 Å². The molecule has 0 saturated carbocycles. The lowest BCUT2D eigenvalue weighted by atomic mass is 10.1. The molecule has 0 heterocycles. The lowest BCUT2D eigenvalue weighted by Crippen LogP contribution is -2.21. The van der Waals surface area contributed by atoms with Gasteiger partial charge in [0.25, 0.3) is 5.91 Å². The summed E-state index contributed by atoms with van der Waals surface area (Å²) in [6.07, 6.45) is 0. The van der Waals surface area contributed by atoms with Crippen molar-refractivity contribution in [2.24, 2.45) is 0 Å². The molecule has 2 N–H and O–H groups in total. The van der Waals surface area contributed by atoms with Gasteiger partial charge in [0.1, 0.15) is 0 Å². The summed E-state index contributed by atoms with van der Waals surface area (Å²) >= 11 is 6.01. The molecule has 0 radical (unpaired) electrons. The summed E-state index contributed by atoms with van der Waals surface area (Å²) in [4.78, 5) is 12.3. The third kappa shape index (κ3) is 5.91. The molecule has 3 aromatic rings. The van der Waals surface area contributed by atoms with E-state index in [2.05, 4.69) is 10.6 Å². The molecule has 3 aromatic carbocycles. The van der Waals surface area contributed by atoms with E-state index in [0.717, 1.165) is 28.1 Å². The number of methoxy groups -OCH3 is 1. The predicted octanol–water partition coefficient (Wildman–Crippen LogP) is 5.60. The number of aryl methyl sites for hydroxylation is 2. The molecule has 0 aliphatic rings. The van der Waals surface area contributed by atoms with Gasteiger partial charge in [0.15, 0.2) is 18.1 Å². The maximum atomic E-state index is 12.3. The van der Waals surface area contributed by atoms with Gasteiger partial charge >= 0.3 is 0 Å². The zero-order valence-corrected chi connectivity index (χ0v) is 18.0. The molecule has 0 atom stereocenters. The first-order valence-corrected chi connectivity index (χ1v) is 9.98. The first-order valence-electron chi connectivity index (χ1n) is 9.61. The smallest absolute Gasteiger partial charge is 0.262 e. The van der Waals surface area contributed by atoms with Crippen LogP contribution in [0.25, 0.3) is 0 Å².